The van der Waals surface area contributed by atoms with Crippen LogP contribution in [0, 0.1) is 13.8 Å². The first-order chi connectivity index (χ1) is 11.2. The van der Waals surface area contributed by atoms with E-state index in [-0.39, 0.29) is 0 Å². The number of nitrogens with zero attached hydrogens (tertiary/aromatic N) is 3. The van der Waals surface area contributed by atoms with Crippen LogP contribution in [0.2, 0.25) is 0 Å². The Balaban J connectivity index is 1.94. The highest BCUT2D eigenvalue weighted by Crippen LogP contribution is 2.29. The fraction of sp³-hybridized carbons (Fsp3) is 0.278. The van der Waals surface area contributed by atoms with Crippen LogP contribution in [0.5, 0.6) is 0 Å². The molecule has 0 amide bonds. The zero-order chi connectivity index (χ0) is 16.2. The van der Waals surface area contributed by atoms with Crippen molar-refractivity contribution >= 4 is 16.5 Å². The topological polar surface area (TPSA) is 50.7 Å². The van der Waals surface area contributed by atoms with Gasteiger partial charge in [0.05, 0.1) is 10.6 Å². The van der Waals surface area contributed by atoms with E-state index >= 15 is 0 Å². The third-order valence-electron chi connectivity index (χ3n) is 3.79. The molecule has 0 saturated heterocycles. The number of aromatic nitrogens is 3. The van der Waals surface area contributed by atoms with E-state index in [1.54, 1.807) is 11.3 Å². The lowest BCUT2D eigenvalue weighted by Gasteiger charge is -2.07. The van der Waals surface area contributed by atoms with Crippen molar-refractivity contribution in [2.24, 2.45) is 0 Å². The molecule has 3 rings (SSSR count). The van der Waals surface area contributed by atoms with Crippen LogP contribution in [-0.2, 0) is 0 Å². The molecule has 0 radical (unpaired) electrons. The SMILES string of the molecule is CCCNc1ncc(-c2ccnc(-c3cccc(C)c3C)n2)s1. The maximum Gasteiger partial charge on any atom is 0.183 e. The molecule has 0 saturated carbocycles. The predicted molar refractivity (Wildman–Crippen MR) is 96.8 cm³/mol. The van der Waals surface area contributed by atoms with E-state index in [0.29, 0.717) is 0 Å². The quantitative estimate of drug-likeness (QED) is 0.738. The first-order valence-electron chi connectivity index (χ1n) is 7.78. The largest absolute Gasteiger partial charge is 0.362 e. The van der Waals surface area contributed by atoms with E-state index in [9.17, 15) is 0 Å². The van der Waals surface area contributed by atoms with E-state index in [1.165, 1.54) is 11.1 Å². The predicted octanol–water partition coefficient (Wildman–Crippen LogP) is 4.71. The highest BCUT2D eigenvalue weighted by molar-refractivity contribution is 7.18. The van der Waals surface area contributed by atoms with E-state index in [0.717, 1.165) is 40.1 Å². The average Bonchev–Trinajstić information content (AvgIpc) is 3.04. The van der Waals surface area contributed by atoms with Crippen molar-refractivity contribution in [2.75, 3.05) is 11.9 Å². The van der Waals surface area contributed by atoms with Gasteiger partial charge >= 0.3 is 0 Å². The zero-order valence-electron chi connectivity index (χ0n) is 13.6. The summed E-state index contributed by atoms with van der Waals surface area (Å²) in [6.45, 7) is 7.30. The lowest BCUT2D eigenvalue weighted by Crippen LogP contribution is -1.97. The molecule has 0 unspecified atom stereocenters. The van der Waals surface area contributed by atoms with Crippen LogP contribution < -0.4 is 5.32 Å². The Morgan fingerprint density at radius 2 is 2.00 bits per heavy atom. The molecule has 5 heteroatoms. The molecule has 4 nitrogen and oxygen atoms in total. The Labute approximate surface area is 140 Å². The summed E-state index contributed by atoms with van der Waals surface area (Å²) in [6, 6.07) is 8.17. The van der Waals surface area contributed by atoms with Crippen molar-refractivity contribution in [1.29, 1.82) is 0 Å². The minimum Gasteiger partial charge on any atom is -0.362 e. The summed E-state index contributed by atoms with van der Waals surface area (Å²) in [5, 5.41) is 4.25. The number of nitrogens with one attached hydrogen (secondary N) is 1. The molecule has 0 fully saturated rings. The van der Waals surface area contributed by atoms with Crippen LogP contribution in [0.3, 0.4) is 0 Å². The molecule has 2 aromatic heterocycles. The number of benzene rings is 1. The molecular weight excluding hydrogens is 304 g/mol. The number of anilines is 1. The summed E-state index contributed by atoms with van der Waals surface area (Å²) >= 11 is 1.62. The molecule has 0 aliphatic carbocycles. The Hall–Kier alpha value is -2.27. The maximum absolute atomic E-state index is 4.74. The monoisotopic (exact) mass is 324 g/mol. The fourth-order valence-electron chi connectivity index (χ4n) is 2.33. The molecule has 0 aliphatic heterocycles. The first kappa shape index (κ1) is 15.6. The van der Waals surface area contributed by atoms with E-state index in [1.807, 2.05) is 24.5 Å². The van der Waals surface area contributed by atoms with E-state index in [2.05, 4.69) is 48.2 Å². The second-order valence-electron chi connectivity index (χ2n) is 5.47. The van der Waals surface area contributed by atoms with Gasteiger partial charge in [-0.15, -0.1) is 0 Å². The number of aryl methyl sites for hydroxylation is 1. The number of rotatable bonds is 5. The van der Waals surface area contributed by atoms with Crippen molar-refractivity contribution in [3.05, 3.63) is 47.8 Å². The molecular formula is C18H20N4S. The van der Waals surface area contributed by atoms with Crippen LogP contribution in [-0.4, -0.2) is 21.5 Å². The van der Waals surface area contributed by atoms with E-state index in [4.69, 9.17) is 4.98 Å². The summed E-state index contributed by atoms with van der Waals surface area (Å²) in [5.74, 6) is 0.764. The van der Waals surface area contributed by atoms with Gasteiger partial charge in [0, 0.05) is 24.5 Å². The van der Waals surface area contributed by atoms with Gasteiger partial charge in [-0.2, -0.15) is 0 Å². The summed E-state index contributed by atoms with van der Waals surface area (Å²) in [7, 11) is 0. The average molecular weight is 324 g/mol. The maximum atomic E-state index is 4.74. The van der Waals surface area contributed by atoms with Gasteiger partial charge in [0.15, 0.2) is 11.0 Å². The molecule has 1 N–H and O–H groups in total. The smallest absolute Gasteiger partial charge is 0.183 e. The van der Waals surface area contributed by atoms with Crippen LogP contribution in [0.1, 0.15) is 24.5 Å². The molecule has 0 aliphatic rings. The van der Waals surface area contributed by atoms with Crippen LogP contribution in [0.4, 0.5) is 5.13 Å². The van der Waals surface area contributed by atoms with Gasteiger partial charge in [0.1, 0.15) is 0 Å². The molecule has 0 spiro atoms. The minimum absolute atomic E-state index is 0.764. The van der Waals surface area contributed by atoms with Crippen molar-refractivity contribution in [3.63, 3.8) is 0 Å². The molecule has 0 bridgehead atoms. The molecule has 0 atom stereocenters. The summed E-state index contributed by atoms with van der Waals surface area (Å²) in [6.07, 6.45) is 4.77. The van der Waals surface area contributed by atoms with Crippen molar-refractivity contribution in [3.8, 4) is 22.0 Å². The van der Waals surface area contributed by atoms with Crippen molar-refractivity contribution < 1.29 is 0 Å². The molecule has 118 valence electrons. The summed E-state index contributed by atoms with van der Waals surface area (Å²) in [5.41, 5.74) is 4.47. The van der Waals surface area contributed by atoms with Crippen LogP contribution in [0.15, 0.2) is 36.7 Å². The fourth-order valence-corrected chi connectivity index (χ4v) is 3.14. The molecule has 1 aromatic carbocycles. The van der Waals surface area contributed by atoms with Gasteiger partial charge in [0.2, 0.25) is 0 Å². The van der Waals surface area contributed by atoms with Crippen molar-refractivity contribution in [1.82, 2.24) is 15.0 Å². The number of hydrogen-bond donors (Lipinski definition) is 1. The lowest BCUT2D eigenvalue weighted by atomic mass is 10.0. The van der Waals surface area contributed by atoms with Gasteiger partial charge in [-0.1, -0.05) is 36.5 Å². The van der Waals surface area contributed by atoms with Gasteiger partial charge in [-0.05, 0) is 37.5 Å². The summed E-state index contributed by atoms with van der Waals surface area (Å²) < 4.78 is 0. The molecule has 23 heavy (non-hydrogen) atoms. The van der Waals surface area contributed by atoms with Gasteiger partial charge in [-0.25, -0.2) is 15.0 Å². The Morgan fingerprint density at radius 3 is 2.83 bits per heavy atom. The van der Waals surface area contributed by atoms with Crippen molar-refractivity contribution in [2.45, 2.75) is 27.2 Å². The van der Waals surface area contributed by atoms with Crippen LogP contribution in [0.25, 0.3) is 22.0 Å². The normalized spacial score (nSPS) is 10.7. The molecule has 2 heterocycles. The minimum atomic E-state index is 0.764. The van der Waals surface area contributed by atoms with Gasteiger partial charge in [0.25, 0.3) is 0 Å². The zero-order valence-corrected chi connectivity index (χ0v) is 14.4. The summed E-state index contributed by atoms with van der Waals surface area (Å²) in [4.78, 5) is 14.7. The number of hydrogen-bond acceptors (Lipinski definition) is 5. The second kappa shape index (κ2) is 6.87. The lowest BCUT2D eigenvalue weighted by molar-refractivity contribution is 0.976. The van der Waals surface area contributed by atoms with Crippen LogP contribution >= 0.6 is 11.3 Å². The Bertz CT molecular complexity index is 810. The highest BCUT2D eigenvalue weighted by atomic mass is 32.1. The number of thiazole rings is 1. The molecule has 3 aromatic rings. The Kier molecular flexibility index (Phi) is 4.67. The highest BCUT2D eigenvalue weighted by Gasteiger charge is 2.10. The second-order valence-corrected chi connectivity index (χ2v) is 6.50. The third-order valence-corrected chi connectivity index (χ3v) is 4.76. The standard InChI is InChI=1S/C18H20N4S/c1-4-9-20-18-21-11-16(23-18)15-8-10-19-17(22-15)14-7-5-6-12(2)13(14)3/h5-8,10-11H,4,9H2,1-3H3,(H,20,21). The third kappa shape index (κ3) is 3.40. The van der Waals surface area contributed by atoms with E-state index < -0.39 is 0 Å². The van der Waals surface area contributed by atoms with Gasteiger partial charge < -0.3 is 5.32 Å². The first-order valence-corrected chi connectivity index (χ1v) is 8.60. The van der Waals surface area contributed by atoms with Gasteiger partial charge in [-0.3, -0.25) is 0 Å². The Morgan fingerprint density at radius 1 is 1.13 bits per heavy atom.